The Kier molecular flexibility index (Phi) is 5.01. The summed E-state index contributed by atoms with van der Waals surface area (Å²) in [5.74, 6) is 1.94. The third-order valence-corrected chi connectivity index (χ3v) is 6.27. The van der Waals surface area contributed by atoms with Crippen molar-refractivity contribution in [2.24, 2.45) is 17.3 Å². The van der Waals surface area contributed by atoms with E-state index in [-0.39, 0.29) is 35.1 Å². The summed E-state index contributed by atoms with van der Waals surface area (Å²) in [5, 5.41) is 7.35. The summed E-state index contributed by atoms with van der Waals surface area (Å²) < 4.78 is 16.5. The first-order valence-corrected chi connectivity index (χ1v) is 9.88. The van der Waals surface area contributed by atoms with Gasteiger partial charge in [0.2, 0.25) is 11.8 Å². The van der Waals surface area contributed by atoms with Gasteiger partial charge in [-0.2, -0.15) is 4.98 Å². The molecule has 1 aliphatic carbocycles. The van der Waals surface area contributed by atoms with Gasteiger partial charge in [0.25, 0.3) is 0 Å². The number of nitrogens with one attached hydrogen (secondary N) is 1. The minimum Gasteiger partial charge on any atom is -0.381 e. The second-order valence-electron chi connectivity index (χ2n) is 8.31. The second-order valence-corrected chi connectivity index (χ2v) is 8.31. The Bertz CT molecular complexity index is 632. The molecule has 2 aliphatic heterocycles. The normalized spacial score (nSPS) is 26.8. The van der Waals surface area contributed by atoms with Crippen LogP contribution in [0.25, 0.3) is 0 Å². The van der Waals surface area contributed by atoms with Crippen LogP contribution in [0.1, 0.15) is 69.6 Å². The maximum absolute atomic E-state index is 13.0. The smallest absolute Gasteiger partial charge is 0.249 e. The van der Waals surface area contributed by atoms with Crippen molar-refractivity contribution < 1.29 is 18.8 Å². The summed E-state index contributed by atoms with van der Waals surface area (Å²) in [7, 11) is 0. The van der Waals surface area contributed by atoms with E-state index in [4.69, 9.17) is 14.0 Å². The Morgan fingerprint density at radius 3 is 2.50 bits per heavy atom. The van der Waals surface area contributed by atoms with Gasteiger partial charge < -0.3 is 19.3 Å². The topological polar surface area (TPSA) is 86.5 Å². The van der Waals surface area contributed by atoms with E-state index in [1.54, 1.807) is 0 Å². The Hall–Kier alpha value is -1.47. The predicted molar refractivity (Wildman–Crippen MR) is 93.4 cm³/mol. The van der Waals surface area contributed by atoms with Crippen LogP contribution in [0, 0.1) is 17.3 Å². The Morgan fingerprint density at radius 1 is 1.15 bits per heavy atom. The first kappa shape index (κ1) is 17.9. The monoisotopic (exact) mass is 363 g/mol. The number of nitrogens with zero attached hydrogens (tertiary/aromatic N) is 2. The molecule has 1 aromatic rings. The molecule has 3 fully saturated rings. The molecular formula is C19H29N3O4. The highest BCUT2D eigenvalue weighted by Gasteiger charge is 2.58. The average molecular weight is 363 g/mol. The maximum atomic E-state index is 13.0. The number of ether oxygens (including phenoxy) is 2. The number of carbonyl (C=O) groups excluding carboxylic acids is 1. The van der Waals surface area contributed by atoms with Crippen molar-refractivity contribution in [1.29, 1.82) is 0 Å². The molecule has 0 radical (unpaired) electrons. The fraction of sp³-hybridized carbons (Fsp3) is 0.842. The minimum atomic E-state index is -0.219. The predicted octanol–water partition coefficient (Wildman–Crippen LogP) is 2.59. The molecular weight excluding hydrogens is 334 g/mol. The van der Waals surface area contributed by atoms with Gasteiger partial charge in [-0.15, -0.1) is 0 Å². The van der Waals surface area contributed by atoms with Crippen molar-refractivity contribution in [3.63, 3.8) is 0 Å². The van der Waals surface area contributed by atoms with E-state index in [9.17, 15) is 4.79 Å². The molecule has 144 valence electrons. The van der Waals surface area contributed by atoms with Crippen molar-refractivity contribution in [3.8, 4) is 0 Å². The van der Waals surface area contributed by atoms with E-state index in [1.165, 1.54) is 0 Å². The average Bonchev–Trinajstić information content (AvgIpc) is 3.12. The molecule has 0 unspecified atom stereocenters. The summed E-state index contributed by atoms with van der Waals surface area (Å²) in [6, 6.07) is -0.219. The molecule has 1 saturated carbocycles. The largest absolute Gasteiger partial charge is 0.381 e. The lowest BCUT2D eigenvalue weighted by Gasteiger charge is -2.29. The first-order valence-electron chi connectivity index (χ1n) is 9.88. The molecule has 7 heteroatoms. The Balaban J connectivity index is 1.48. The van der Waals surface area contributed by atoms with E-state index in [2.05, 4.69) is 15.5 Å². The molecule has 1 spiro atoms. The zero-order valence-corrected chi connectivity index (χ0v) is 15.7. The second kappa shape index (κ2) is 7.27. The summed E-state index contributed by atoms with van der Waals surface area (Å²) in [6.07, 6.45) is 4.75. The molecule has 2 saturated heterocycles. The number of hydrogen-bond acceptors (Lipinski definition) is 6. The number of aromatic nitrogens is 2. The summed E-state index contributed by atoms with van der Waals surface area (Å²) >= 11 is 0. The lowest BCUT2D eigenvalue weighted by atomic mass is 9.90. The highest BCUT2D eigenvalue weighted by Crippen LogP contribution is 2.59. The third kappa shape index (κ3) is 3.51. The molecule has 0 aromatic carbocycles. The van der Waals surface area contributed by atoms with Gasteiger partial charge >= 0.3 is 0 Å². The fourth-order valence-electron chi connectivity index (χ4n) is 4.34. The zero-order chi connectivity index (χ0) is 18.1. The SMILES string of the molecule is CC(C)c1noc([C@H](NC(=O)[C@@H]2CC23CCOCC3)C2CCOCC2)n1. The van der Waals surface area contributed by atoms with Crippen LogP contribution in [-0.2, 0) is 14.3 Å². The zero-order valence-electron chi connectivity index (χ0n) is 15.7. The van der Waals surface area contributed by atoms with E-state index < -0.39 is 0 Å². The lowest BCUT2D eigenvalue weighted by molar-refractivity contribution is -0.125. The standard InChI is InChI=1S/C19H29N3O4/c1-12(2)16-21-18(26-22-16)15(13-3-7-24-8-4-13)20-17(23)14-11-19(14)5-9-25-10-6-19/h12-15H,3-11H2,1-2H3,(H,20,23)/t14-,15+/m0/s1. The molecule has 3 heterocycles. The Morgan fingerprint density at radius 2 is 1.85 bits per heavy atom. The number of amides is 1. The van der Waals surface area contributed by atoms with Crippen LogP contribution < -0.4 is 5.32 Å². The maximum Gasteiger partial charge on any atom is 0.249 e. The molecule has 1 N–H and O–H groups in total. The van der Waals surface area contributed by atoms with Crippen LogP contribution in [0.5, 0.6) is 0 Å². The van der Waals surface area contributed by atoms with Crippen molar-refractivity contribution in [2.45, 2.75) is 57.9 Å². The van der Waals surface area contributed by atoms with Gasteiger partial charge in [0.1, 0.15) is 6.04 Å². The lowest BCUT2D eigenvalue weighted by Crippen LogP contribution is -2.38. The fourth-order valence-corrected chi connectivity index (χ4v) is 4.34. The van der Waals surface area contributed by atoms with Crippen LogP contribution in [0.15, 0.2) is 4.52 Å². The van der Waals surface area contributed by atoms with Crippen molar-refractivity contribution in [2.75, 3.05) is 26.4 Å². The highest BCUT2D eigenvalue weighted by atomic mass is 16.5. The first-order chi connectivity index (χ1) is 12.6. The summed E-state index contributed by atoms with van der Waals surface area (Å²) in [6.45, 7) is 7.05. The van der Waals surface area contributed by atoms with Gasteiger partial charge in [-0.05, 0) is 43.4 Å². The van der Waals surface area contributed by atoms with Crippen LogP contribution in [0.2, 0.25) is 0 Å². The highest BCUT2D eigenvalue weighted by molar-refractivity contribution is 5.83. The van der Waals surface area contributed by atoms with Gasteiger partial charge in [-0.25, -0.2) is 0 Å². The van der Waals surface area contributed by atoms with Crippen LogP contribution in [0.4, 0.5) is 0 Å². The molecule has 3 aliphatic rings. The van der Waals surface area contributed by atoms with Crippen LogP contribution >= 0.6 is 0 Å². The molecule has 26 heavy (non-hydrogen) atoms. The van der Waals surface area contributed by atoms with Gasteiger partial charge in [0, 0.05) is 38.3 Å². The minimum absolute atomic E-state index is 0.0984. The van der Waals surface area contributed by atoms with E-state index in [1.807, 2.05) is 13.8 Å². The van der Waals surface area contributed by atoms with Gasteiger partial charge in [-0.1, -0.05) is 19.0 Å². The van der Waals surface area contributed by atoms with Crippen molar-refractivity contribution in [3.05, 3.63) is 11.7 Å². The van der Waals surface area contributed by atoms with E-state index in [0.29, 0.717) is 24.9 Å². The summed E-state index contributed by atoms with van der Waals surface area (Å²) in [4.78, 5) is 17.5. The van der Waals surface area contributed by atoms with Crippen LogP contribution in [-0.4, -0.2) is 42.5 Å². The van der Waals surface area contributed by atoms with E-state index in [0.717, 1.165) is 45.3 Å². The van der Waals surface area contributed by atoms with Crippen molar-refractivity contribution in [1.82, 2.24) is 15.5 Å². The molecule has 4 rings (SSSR count). The third-order valence-electron chi connectivity index (χ3n) is 6.27. The van der Waals surface area contributed by atoms with Gasteiger partial charge in [0.05, 0.1) is 0 Å². The molecule has 7 nitrogen and oxygen atoms in total. The Labute approximate surface area is 154 Å². The van der Waals surface area contributed by atoms with E-state index >= 15 is 0 Å². The quantitative estimate of drug-likeness (QED) is 0.865. The van der Waals surface area contributed by atoms with Crippen LogP contribution in [0.3, 0.4) is 0 Å². The van der Waals surface area contributed by atoms with Gasteiger partial charge in [0.15, 0.2) is 5.82 Å². The molecule has 1 aromatic heterocycles. The van der Waals surface area contributed by atoms with Gasteiger partial charge in [-0.3, -0.25) is 4.79 Å². The van der Waals surface area contributed by atoms with Crippen molar-refractivity contribution >= 4 is 5.91 Å². The number of hydrogen-bond donors (Lipinski definition) is 1. The molecule has 1 amide bonds. The molecule has 0 bridgehead atoms. The number of rotatable bonds is 5. The number of carbonyl (C=O) groups is 1. The summed E-state index contributed by atoms with van der Waals surface area (Å²) in [5.41, 5.74) is 0.167. The molecule has 2 atom stereocenters.